The number of benzene rings is 1. The molecular formula is C21H32N4O3. The Labute approximate surface area is 167 Å². The van der Waals surface area contributed by atoms with Crippen LogP contribution in [-0.4, -0.2) is 47.3 Å². The van der Waals surface area contributed by atoms with Gasteiger partial charge in [0, 0.05) is 13.1 Å². The molecule has 28 heavy (non-hydrogen) atoms. The van der Waals surface area contributed by atoms with Crippen LogP contribution in [0, 0.1) is 12.8 Å². The van der Waals surface area contributed by atoms with E-state index in [0.29, 0.717) is 19.5 Å². The van der Waals surface area contributed by atoms with Gasteiger partial charge in [0.15, 0.2) is 0 Å². The molecule has 3 amide bonds. The Morgan fingerprint density at radius 3 is 2.39 bits per heavy atom. The fourth-order valence-corrected chi connectivity index (χ4v) is 3.29. The zero-order chi connectivity index (χ0) is 20.8. The van der Waals surface area contributed by atoms with Crippen LogP contribution < -0.4 is 16.4 Å². The molecule has 154 valence electrons. The van der Waals surface area contributed by atoms with Crippen LogP contribution >= 0.6 is 0 Å². The van der Waals surface area contributed by atoms with Crippen molar-refractivity contribution in [1.82, 2.24) is 15.5 Å². The van der Waals surface area contributed by atoms with Crippen LogP contribution in [0.1, 0.15) is 44.7 Å². The summed E-state index contributed by atoms with van der Waals surface area (Å²) in [5.41, 5.74) is 7.79. The van der Waals surface area contributed by atoms with Crippen LogP contribution in [0.3, 0.4) is 0 Å². The number of nitrogens with zero attached hydrogens (tertiary/aromatic N) is 1. The zero-order valence-electron chi connectivity index (χ0n) is 17.2. The minimum Gasteiger partial charge on any atom is -0.350 e. The molecule has 4 N–H and O–H groups in total. The van der Waals surface area contributed by atoms with Gasteiger partial charge in [0.2, 0.25) is 17.7 Å². The summed E-state index contributed by atoms with van der Waals surface area (Å²) in [5, 5.41) is 5.66. The second-order valence-electron chi connectivity index (χ2n) is 7.91. The summed E-state index contributed by atoms with van der Waals surface area (Å²) < 4.78 is 0. The highest BCUT2D eigenvalue weighted by atomic mass is 16.2. The third-order valence-corrected chi connectivity index (χ3v) is 5.07. The lowest BCUT2D eigenvalue weighted by Gasteiger charge is -2.30. The van der Waals surface area contributed by atoms with E-state index >= 15 is 0 Å². The molecule has 3 atom stereocenters. The number of likely N-dealkylation sites (tertiary alicyclic amines) is 1. The van der Waals surface area contributed by atoms with Crippen molar-refractivity contribution in [2.75, 3.05) is 6.54 Å². The normalized spacial score (nSPS) is 18.6. The molecule has 7 heteroatoms. The molecule has 1 aromatic carbocycles. The lowest BCUT2D eigenvalue weighted by atomic mass is 10.0. The monoisotopic (exact) mass is 388 g/mol. The van der Waals surface area contributed by atoms with Crippen LogP contribution in [0.4, 0.5) is 0 Å². The van der Waals surface area contributed by atoms with E-state index in [0.717, 1.165) is 17.5 Å². The summed E-state index contributed by atoms with van der Waals surface area (Å²) in [7, 11) is 0. The molecule has 1 aliphatic heterocycles. The Kier molecular flexibility index (Phi) is 7.57. The number of hydrogen-bond donors (Lipinski definition) is 3. The molecule has 1 fully saturated rings. The second kappa shape index (κ2) is 9.68. The minimum atomic E-state index is -0.693. The van der Waals surface area contributed by atoms with Gasteiger partial charge in [0.05, 0.1) is 6.04 Å². The van der Waals surface area contributed by atoms with Gasteiger partial charge in [-0.15, -0.1) is 0 Å². The van der Waals surface area contributed by atoms with E-state index in [1.807, 2.05) is 45.0 Å². The molecule has 0 radical (unpaired) electrons. The third-order valence-electron chi connectivity index (χ3n) is 5.07. The maximum absolute atomic E-state index is 13.1. The van der Waals surface area contributed by atoms with Crippen molar-refractivity contribution in [2.24, 2.45) is 11.7 Å². The van der Waals surface area contributed by atoms with Gasteiger partial charge >= 0.3 is 0 Å². The highest BCUT2D eigenvalue weighted by molar-refractivity contribution is 5.93. The Morgan fingerprint density at radius 2 is 1.82 bits per heavy atom. The average Bonchev–Trinajstić information content (AvgIpc) is 3.14. The molecule has 0 unspecified atom stereocenters. The number of nitrogens with one attached hydrogen (secondary N) is 2. The number of amides is 3. The molecule has 1 saturated heterocycles. The molecule has 1 aliphatic rings. The minimum absolute atomic E-state index is 0.105. The number of hydrogen-bond acceptors (Lipinski definition) is 4. The quantitative estimate of drug-likeness (QED) is 0.650. The van der Waals surface area contributed by atoms with Crippen LogP contribution in [-0.2, 0) is 20.9 Å². The molecule has 0 bridgehead atoms. The molecule has 0 aromatic heterocycles. The smallest absolute Gasteiger partial charge is 0.246 e. The first-order valence-corrected chi connectivity index (χ1v) is 9.90. The van der Waals surface area contributed by atoms with E-state index in [-0.39, 0.29) is 23.6 Å². The van der Waals surface area contributed by atoms with E-state index in [1.165, 1.54) is 0 Å². The Hall–Kier alpha value is -2.41. The lowest BCUT2D eigenvalue weighted by Crippen LogP contribution is -2.56. The van der Waals surface area contributed by atoms with Crippen molar-refractivity contribution >= 4 is 17.7 Å². The van der Waals surface area contributed by atoms with Gasteiger partial charge in [-0.05, 0) is 38.2 Å². The van der Waals surface area contributed by atoms with Gasteiger partial charge in [0.1, 0.15) is 12.1 Å². The summed E-state index contributed by atoms with van der Waals surface area (Å²) in [5.74, 6) is -0.858. The Balaban J connectivity index is 2.02. The van der Waals surface area contributed by atoms with Crippen LogP contribution in [0.5, 0.6) is 0 Å². The van der Waals surface area contributed by atoms with E-state index in [4.69, 9.17) is 5.73 Å². The maximum Gasteiger partial charge on any atom is 0.246 e. The maximum atomic E-state index is 13.1. The van der Waals surface area contributed by atoms with Crippen molar-refractivity contribution in [1.29, 1.82) is 0 Å². The van der Waals surface area contributed by atoms with Gasteiger partial charge < -0.3 is 21.3 Å². The van der Waals surface area contributed by atoms with Crippen LogP contribution in [0.15, 0.2) is 24.3 Å². The largest absolute Gasteiger partial charge is 0.350 e. The first-order chi connectivity index (χ1) is 13.2. The fourth-order valence-electron chi connectivity index (χ4n) is 3.29. The predicted molar refractivity (Wildman–Crippen MR) is 108 cm³/mol. The van der Waals surface area contributed by atoms with E-state index < -0.39 is 18.1 Å². The van der Waals surface area contributed by atoms with Gasteiger partial charge in [-0.1, -0.05) is 43.7 Å². The standard InChI is InChI=1S/C21H32N4O3/c1-13(2)18(24-19(26)15(4)22)21(28)25-11-5-6-17(25)20(27)23-12-16-9-7-14(3)8-10-16/h7-10,13,15,17-18H,5-6,11-12,22H2,1-4H3,(H,23,27)(H,24,26)/t15-,17-,18-/m0/s1. The van der Waals surface area contributed by atoms with Crippen molar-refractivity contribution in [3.05, 3.63) is 35.4 Å². The Bertz CT molecular complexity index is 700. The number of aryl methyl sites for hydroxylation is 1. The summed E-state index contributed by atoms with van der Waals surface area (Å²) in [6.07, 6.45) is 1.39. The summed E-state index contributed by atoms with van der Waals surface area (Å²) in [6, 6.07) is 6.07. The van der Waals surface area contributed by atoms with Gasteiger partial charge in [-0.25, -0.2) is 0 Å². The summed E-state index contributed by atoms with van der Waals surface area (Å²) in [4.78, 5) is 39.4. The highest BCUT2D eigenvalue weighted by Crippen LogP contribution is 2.20. The predicted octanol–water partition coefficient (Wildman–Crippen LogP) is 1.09. The Morgan fingerprint density at radius 1 is 1.18 bits per heavy atom. The van der Waals surface area contributed by atoms with Gasteiger partial charge in [-0.2, -0.15) is 0 Å². The SMILES string of the molecule is Cc1ccc(CNC(=O)[C@@H]2CCCN2C(=O)[C@@H](NC(=O)[C@H](C)N)C(C)C)cc1. The fraction of sp³-hybridized carbons (Fsp3) is 0.571. The molecular weight excluding hydrogens is 356 g/mol. The zero-order valence-corrected chi connectivity index (χ0v) is 17.2. The van der Waals surface area contributed by atoms with Crippen molar-refractivity contribution in [3.63, 3.8) is 0 Å². The van der Waals surface area contributed by atoms with Crippen molar-refractivity contribution in [2.45, 2.75) is 65.2 Å². The molecule has 1 heterocycles. The molecule has 2 rings (SSSR count). The van der Waals surface area contributed by atoms with Crippen LogP contribution in [0.25, 0.3) is 0 Å². The van der Waals surface area contributed by atoms with Gasteiger partial charge in [-0.3, -0.25) is 14.4 Å². The number of nitrogens with two attached hydrogens (primary N) is 1. The summed E-state index contributed by atoms with van der Waals surface area (Å²) in [6.45, 7) is 8.26. The van der Waals surface area contributed by atoms with E-state index in [2.05, 4.69) is 10.6 Å². The topological polar surface area (TPSA) is 105 Å². The van der Waals surface area contributed by atoms with E-state index in [1.54, 1.807) is 11.8 Å². The second-order valence-corrected chi connectivity index (χ2v) is 7.91. The molecule has 7 nitrogen and oxygen atoms in total. The molecule has 1 aromatic rings. The van der Waals surface area contributed by atoms with Gasteiger partial charge in [0.25, 0.3) is 0 Å². The lowest BCUT2D eigenvalue weighted by molar-refractivity contribution is -0.142. The molecule has 0 saturated carbocycles. The highest BCUT2D eigenvalue weighted by Gasteiger charge is 2.38. The number of carbonyl (C=O) groups excluding carboxylic acids is 3. The van der Waals surface area contributed by atoms with Crippen molar-refractivity contribution < 1.29 is 14.4 Å². The van der Waals surface area contributed by atoms with E-state index in [9.17, 15) is 14.4 Å². The first-order valence-electron chi connectivity index (χ1n) is 9.90. The first kappa shape index (κ1) is 21.9. The molecule has 0 spiro atoms. The molecule has 0 aliphatic carbocycles. The summed E-state index contributed by atoms with van der Waals surface area (Å²) >= 11 is 0. The number of rotatable bonds is 7. The number of carbonyl (C=O) groups is 3. The van der Waals surface area contributed by atoms with Crippen molar-refractivity contribution in [3.8, 4) is 0 Å². The van der Waals surface area contributed by atoms with Crippen LogP contribution in [0.2, 0.25) is 0 Å². The average molecular weight is 389 g/mol. The third kappa shape index (κ3) is 5.55.